The maximum Gasteiger partial charge on any atom is 0.312 e. The van der Waals surface area contributed by atoms with Crippen LogP contribution in [0.5, 0.6) is 0 Å². The Hall–Kier alpha value is -1.78. The van der Waals surface area contributed by atoms with Crippen molar-refractivity contribution in [3.63, 3.8) is 0 Å². The van der Waals surface area contributed by atoms with Crippen LogP contribution in [0, 0.1) is 5.92 Å². The lowest BCUT2D eigenvalue weighted by Gasteiger charge is -2.20. The molecule has 110 valence electrons. The van der Waals surface area contributed by atoms with Crippen LogP contribution in [0.3, 0.4) is 0 Å². The molecular formula is C17H18O3S. The van der Waals surface area contributed by atoms with Gasteiger partial charge in [-0.3, -0.25) is 4.79 Å². The second kappa shape index (κ2) is 7.86. The van der Waals surface area contributed by atoms with E-state index in [-0.39, 0.29) is 0 Å². The fourth-order valence-electron chi connectivity index (χ4n) is 2.02. The van der Waals surface area contributed by atoms with Crippen molar-refractivity contribution in [3.05, 3.63) is 66.2 Å². The Balaban J connectivity index is 2.09. The molecule has 2 rings (SSSR count). The van der Waals surface area contributed by atoms with E-state index in [1.807, 2.05) is 60.7 Å². The van der Waals surface area contributed by atoms with Crippen LogP contribution >= 0.6 is 11.8 Å². The number of methoxy groups -OCH3 is 1. The van der Waals surface area contributed by atoms with Gasteiger partial charge in [0.1, 0.15) is 0 Å². The molecule has 2 atom stereocenters. The minimum Gasteiger partial charge on any atom is -0.469 e. The van der Waals surface area contributed by atoms with E-state index in [0.29, 0.717) is 5.75 Å². The molecule has 2 aromatic carbocycles. The van der Waals surface area contributed by atoms with Crippen LogP contribution in [-0.4, -0.2) is 23.9 Å². The Morgan fingerprint density at radius 1 is 1.10 bits per heavy atom. The molecule has 0 aliphatic rings. The van der Waals surface area contributed by atoms with Crippen molar-refractivity contribution in [3.8, 4) is 0 Å². The summed E-state index contributed by atoms with van der Waals surface area (Å²) in [5, 5.41) is 10.4. The van der Waals surface area contributed by atoms with Gasteiger partial charge in [0.25, 0.3) is 0 Å². The molecule has 0 aliphatic carbocycles. The smallest absolute Gasteiger partial charge is 0.312 e. The zero-order valence-electron chi connectivity index (χ0n) is 11.8. The molecule has 0 saturated heterocycles. The fourth-order valence-corrected chi connectivity index (χ4v) is 3.06. The summed E-state index contributed by atoms with van der Waals surface area (Å²) in [5.41, 5.74) is 0.724. The molecule has 21 heavy (non-hydrogen) atoms. The van der Waals surface area contributed by atoms with E-state index in [1.165, 1.54) is 18.9 Å². The van der Waals surface area contributed by atoms with Gasteiger partial charge in [-0.2, -0.15) is 0 Å². The normalized spacial score (nSPS) is 13.4. The SMILES string of the molecule is COC(=O)[C@H](CSc1ccccc1)[C@@H](O)c1ccccc1. The first kappa shape index (κ1) is 15.6. The number of hydrogen-bond acceptors (Lipinski definition) is 4. The van der Waals surface area contributed by atoms with Crippen molar-refractivity contribution >= 4 is 17.7 Å². The van der Waals surface area contributed by atoms with E-state index >= 15 is 0 Å². The van der Waals surface area contributed by atoms with Gasteiger partial charge >= 0.3 is 5.97 Å². The third-order valence-electron chi connectivity index (χ3n) is 3.20. The number of aliphatic hydroxyl groups excluding tert-OH is 1. The average molecular weight is 302 g/mol. The summed E-state index contributed by atoms with van der Waals surface area (Å²) in [6, 6.07) is 19.0. The maximum absolute atomic E-state index is 12.0. The molecule has 0 radical (unpaired) electrons. The predicted octanol–water partition coefficient (Wildman–Crippen LogP) is 3.30. The zero-order chi connectivity index (χ0) is 15.1. The number of esters is 1. The molecule has 0 fully saturated rings. The monoisotopic (exact) mass is 302 g/mol. The molecule has 2 aromatic rings. The van der Waals surface area contributed by atoms with E-state index in [4.69, 9.17) is 4.74 Å². The van der Waals surface area contributed by atoms with Crippen LogP contribution in [0.4, 0.5) is 0 Å². The summed E-state index contributed by atoms with van der Waals surface area (Å²) < 4.78 is 4.83. The molecule has 0 aliphatic heterocycles. The highest BCUT2D eigenvalue weighted by Crippen LogP contribution is 2.29. The van der Waals surface area contributed by atoms with Crippen LogP contribution < -0.4 is 0 Å². The van der Waals surface area contributed by atoms with Crippen LogP contribution in [0.2, 0.25) is 0 Å². The number of carbonyl (C=O) groups excluding carboxylic acids is 1. The number of thioether (sulfide) groups is 1. The van der Waals surface area contributed by atoms with Gasteiger partial charge in [0.15, 0.2) is 0 Å². The average Bonchev–Trinajstić information content (AvgIpc) is 2.56. The summed E-state index contributed by atoms with van der Waals surface area (Å²) in [6.07, 6.45) is -0.866. The van der Waals surface area contributed by atoms with Gasteiger partial charge < -0.3 is 9.84 Å². The van der Waals surface area contributed by atoms with E-state index in [2.05, 4.69) is 0 Å². The Labute approximate surface area is 129 Å². The van der Waals surface area contributed by atoms with Gasteiger partial charge in [-0.15, -0.1) is 11.8 Å². The lowest BCUT2D eigenvalue weighted by molar-refractivity contribution is -0.148. The van der Waals surface area contributed by atoms with Gasteiger partial charge in [0.05, 0.1) is 19.1 Å². The topological polar surface area (TPSA) is 46.5 Å². The standard InChI is InChI=1S/C17H18O3S/c1-20-17(19)15(12-21-14-10-6-3-7-11-14)16(18)13-8-4-2-5-9-13/h2-11,15-16,18H,12H2,1H3/t15-,16+/m1/s1. The largest absolute Gasteiger partial charge is 0.469 e. The number of benzene rings is 2. The minimum atomic E-state index is -0.866. The van der Waals surface area contributed by atoms with Gasteiger partial charge in [-0.1, -0.05) is 48.5 Å². The molecule has 0 heterocycles. The van der Waals surface area contributed by atoms with Crippen LogP contribution in [0.1, 0.15) is 11.7 Å². The number of carbonyl (C=O) groups is 1. The molecule has 0 bridgehead atoms. The van der Waals surface area contributed by atoms with Gasteiger partial charge in [-0.05, 0) is 17.7 Å². The molecule has 0 amide bonds. The molecule has 0 aromatic heterocycles. The Kier molecular flexibility index (Phi) is 5.84. The summed E-state index contributed by atoms with van der Waals surface area (Å²) in [7, 11) is 1.35. The van der Waals surface area contributed by atoms with Crippen LogP contribution in [-0.2, 0) is 9.53 Å². The van der Waals surface area contributed by atoms with Crippen molar-refractivity contribution in [1.82, 2.24) is 0 Å². The van der Waals surface area contributed by atoms with E-state index in [1.54, 1.807) is 0 Å². The van der Waals surface area contributed by atoms with Crippen molar-refractivity contribution in [2.45, 2.75) is 11.0 Å². The van der Waals surface area contributed by atoms with Gasteiger partial charge in [0, 0.05) is 10.6 Å². The molecular weight excluding hydrogens is 284 g/mol. The van der Waals surface area contributed by atoms with Crippen LogP contribution in [0.15, 0.2) is 65.6 Å². The fraction of sp³-hybridized carbons (Fsp3) is 0.235. The Morgan fingerprint density at radius 2 is 1.67 bits per heavy atom. The van der Waals surface area contributed by atoms with Gasteiger partial charge in [-0.25, -0.2) is 0 Å². The number of aliphatic hydroxyl groups is 1. The predicted molar refractivity (Wildman–Crippen MR) is 84.1 cm³/mol. The number of hydrogen-bond donors (Lipinski definition) is 1. The highest BCUT2D eigenvalue weighted by molar-refractivity contribution is 7.99. The first-order valence-corrected chi connectivity index (χ1v) is 7.69. The summed E-state index contributed by atoms with van der Waals surface area (Å²) in [6.45, 7) is 0. The maximum atomic E-state index is 12.0. The molecule has 3 nitrogen and oxygen atoms in total. The third kappa shape index (κ3) is 4.34. The zero-order valence-corrected chi connectivity index (χ0v) is 12.6. The molecule has 0 spiro atoms. The van der Waals surface area contributed by atoms with E-state index in [0.717, 1.165) is 10.5 Å². The Morgan fingerprint density at radius 3 is 2.24 bits per heavy atom. The molecule has 1 N–H and O–H groups in total. The van der Waals surface area contributed by atoms with E-state index < -0.39 is 18.0 Å². The summed E-state index contributed by atoms with van der Waals surface area (Å²) >= 11 is 1.53. The van der Waals surface area contributed by atoms with Crippen molar-refractivity contribution < 1.29 is 14.6 Å². The second-order valence-corrected chi connectivity index (χ2v) is 5.70. The van der Waals surface area contributed by atoms with E-state index in [9.17, 15) is 9.90 Å². The van der Waals surface area contributed by atoms with Crippen LogP contribution in [0.25, 0.3) is 0 Å². The first-order chi connectivity index (χ1) is 10.2. The second-order valence-electron chi connectivity index (χ2n) is 4.61. The molecule has 4 heteroatoms. The lowest BCUT2D eigenvalue weighted by Crippen LogP contribution is -2.25. The third-order valence-corrected chi connectivity index (χ3v) is 4.33. The van der Waals surface area contributed by atoms with Crippen molar-refractivity contribution in [1.29, 1.82) is 0 Å². The minimum absolute atomic E-state index is 0.394. The van der Waals surface area contributed by atoms with Gasteiger partial charge in [0.2, 0.25) is 0 Å². The Bertz CT molecular complexity index is 557. The lowest BCUT2D eigenvalue weighted by atomic mass is 9.97. The highest BCUT2D eigenvalue weighted by Gasteiger charge is 2.29. The first-order valence-electron chi connectivity index (χ1n) is 6.71. The summed E-state index contributed by atoms with van der Waals surface area (Å²) in [4.78, 5) is 13.0. The number of ether oxygens (including phenoxy) is 1. The highest BCUT2D eigenvalue weighted by atomic mass is 32.2. The number of rotatable bonds is 6. The quantitative estimate of drug-likeness (QED) is 0.657. The summed E-state index contributed by atoms with van der Waals surface area (Å²) in [5.74, 6) is -0.524. The van der Waals surface area contributed by atoms with Crippen molar-refractivity contribution in [2.24, 2.45) is 5.92 Å². The molecule has 0 saturated carbocycles. The van der Waals surface area contributed by atoms with Crippen molar-refractivity contribution in [2.75, 3.05) is 12.9 Å². The molecule has 0 unspecified atom stereocenters.